The zero-order chi connectivity index (χ0) is 15.8. The largest absolute Gasteiger partial charge is 0.420 e. The van der Waals surface area contributed by atoms with Gasteiger partial charge in [-0.05, 0) is 18.9 Å². The molecule has 1 aliphatic heterocycles. The normalized spacial score (nSPS) is 27.0. The number of aromatic nitrogens is 1. The number of β-amino-alcohol motifs (C(OH)–C–C–N with tert-alkyl or cyclic N) is 1. The highest BCUT2D eigenvalue weighted by molar-refractivity contribution is 6.30. The number of hydrogen-bond donors (Lipinski definition) is 2. The summed E-state index contributed by atoms with van der Waals surface area (Å²) < 4.78 is 39.2. The van der Waals surface area contributed by atoms with Crippen LogP contribution in [-0.2, 0) is 6.18 Å². The van der Waals surface area contributed by atoms with Crippen LogP contribution in [0.5, 0.6) is 0 Å². The maximum atomic E-state index is 13.1. The first kappa shape index (κ1) is 16.3. The van der Waals surface area contributed by atoms with Crippen LogP contribution in [0, 0.1) is 0 Å². The van der Waals surface area contributed by atoms with Crippen molar-refractivity contribution < 1.29 is 23.4 Å². The topological polar surface area (TPSA) is 56.6 Å². The Morgan fingerprint density at radius 2 is 2.19 bits per heavy atom. The molecule has 0 bridgehead atoms. The number of nitrogens with zero attached hydrogens (tertiary/aromatic N) is 2. The molecule has 0 spiro atoms. The fourth-order valence-electron chi connectivity index (χ4n) is 2.46. The standard InChI is InChI=1S/C13H16ClF3N2O2/c1-2-12(21)3-4-19(7-10(12)20)11-9(13(15,16)17)5-8(14)6-18-11/h5-6,10,20-21H,2-4,7H2,1H3/t10-,12-/m1/s1. The lowest BCUT2D eigenvalue weighted by Crippen LogP contribution is -2.55. The second-order valence-corrected chi connectivity index (χ2v) is 5.63. The van der Waals surface area contributed by atoms with Gasteiger partial charge < -0.3 is 15.1 Å². The van der Waals surface area contributed by atoms with Gasteiger partial charge in [-0.2, -0.15) is 13.2 Å². The SMILES string of the molecule is CC[C@@]1(O)CCN(c2ncc(Cl)cc2C(F)(F)F)C[C@H]1O. The highest BCUT2D eigenvalue weighted by atomic mass is 35.5. The number of aliphatic hydroxyl groups is 2. The van der Waals surface area contributed by atoms with Gasteiger partial charge in [0.2, 0.25) is 0 Å². The molecule has 0 unspecified atom stereocenters. The summed E-state index contributed by atoms with van der Waals surface area (Å²) in [4.78, 5) is 5.08. The maximum absolute atomic E-state index is 13.1. The second kappa shape index (κ2) is 5.62. The van der Waals surface area contributed by atoms with Crippen LogP contribution in [0.25, 0.3) is 0 Å². The van der Waals surface area contributed by atoms with E-state index in [1.165, 1.54) is 4.90 Å². The van der Waals surface area contributed by atoms with Gasteiger partial charge in [-0.1, -0.05) is 18.5 Å². The van der Waals surface area contributed by atoms with E-state index < -0.39 is 23.4 Å². The van der Waals surface area contributed by atoms with Gasteiger partial charge in [0.25, 0.3) is 0 Å². The fourth-order valence-corrected chi connectivity index (χ4v) is 2.62. The van der Waals surface area contributed by atoms with Crippen molar-refractivity contribution in [2.24, 2.45) is 0 Å². The van der Waals surface area contributed by atoms with E-state index in [4.69, 9.17) is 11.6 Å². The van der Waals surface area contributed by atoms with Crippen molar-refractivity contribution in [3.63, 3.8) is 0 Å². The second-order valence-electron chi connectivity index (χ2n) is 5.19. The van der Waals surface area contributed by atoms with E-state index in [-0.39, 0.29) is 30.4 Å². The number of aliphatic hydroxyl groups excluding tert-OH is 1. The summed E-state index contributed by atoms with van der Waals surface area (Å²) in [7, 11) is 0. The molecule has 2 atom stereocenters. The first-order valence-corrected chi connectivity index (χ1v) is 6.93. The quantitative estimate of drug-likeness (QED) is 0.877. The van der Waals surface area contributed by atoms with Crippen LogP contribution in [-0.4, -0.2) is 40.0 Å². The molecule has 1 aromatic heterocycles. The van der Waals surface area contributed by atoms with E-state index in [1.54, 1.807) is 6.92 Å². The molecule has 0 amide bonds. The molecular formula is C13H16ClF3N2O2. The number of hydrogen-bond acceptors (Lipinski definition) is 4. The summed E-state index contributed by atoms with van der Waals surface area (Å²) in [5.41, 5.74) is -2.20. The Hall–Kier alpha value is -1.05. The molecular weight excluding hydrogens is 309 g/mol. The number of rotatable bonds is 2. The van der Waals surface area contributed by atoms with Gasteiger partial charge in [0.1, 0.15) is 11.9 Å². The molecule has 2 heterocycles. The van der Waals surface area contributed by atoms with Gasteiger partial charge in [0, 0.05) is 19.3 Å². The minimum absolute atomic E-state index is 0.103. The third-order valence-corrected chi connectivity index (χ3v) is 4.09. The molecule has 2 N–H and O–H groups in total. The first-order valence-electron chi connectivity index (χ1n) is 6.55. The average Bonchev–Trinajstić information content (AvgIpc) is 2.41. The smallest absolute Gasteiger partial charge is 0.388 e. The van der Waals surface area contributed by atoms with Crippen LogP contribution in [0.4, 0.5) is 19.0 Å². The van der Waals surface area contributed by atoms with Gasteiger partial charge in [0.05, 0.1) is 16.2 Å². The lowest BCUT2D eigenvalue weighted by atomic mass is 9.86. The number of piperidine rings is 1. The number of halogens is 4. The van der Waals surface area contributed by atoms with Gasteiger partial charge in [-0.3, -0.25) is 0 Å². The van der Waals surface area contributed by atoms with Crippen molar-refractivity contribution >= 4 is 17.4 Å². The number of anilines is 1. The molecule has 118 valence electrons. The Balaban J connectivity index is 2.32. The Morgan fingerprint density at radius 3 is 2.71 bits per heavy atom. The number of pyridine rings is 1. The van der Waals surface area contributed by atoms with Crippen LogP contribution in [0.2, 0.25) is 5.02 Å². The molecule has 21 heavy (non-hydrogen) atoms. The van der Waals surface area contributed by atoms with Gasteiger partial charge in [0.15, 0.2) is 0 Å². The van der Waals surface area contributed by atoms with Crippen LogP contribution in [0.3, 0.4) is 0 Å². The van der Waals surface area contributed by atoms with E-state index in [2.05, 4.69) is 4.98 Å². The molecule has 2 rings (SSSR count). The molecule has 0 aliphatic carbocycles. The summed E-state index contributed by atoms with van der Waals surface area (Å²) >= 11 is 5.59. The average molecular weight is 325 g/mol. The van der Waals surface area contributed by atoms with Crippen molar-refractivity contribution in [3.05, 3.63) is 22.8 Å². The molecule has 1 fully saturated rings. The van der Waals surface area contributed by atoms with E-state index in [9.17, 15) is 23.4 Å². The van der Waals surface area contributed by atoms with E-state index >= 15 is 0 Å². The third kappa shape index (κ3) is 3.25. The molecule has 0 radical (unpaired) electrons. The van der Waals surface area contributed by atoms with Crippen molar-refractivity contribution in [1.82, 2.24) is 4.98 Å². The highest BCUT2D eigenvalue weighted by Crippen LogP contribution is 2.38. The molecule has 8 heteroatoms. The summed E-state index contributed by atoms with van der Waals surface area (Å²) in [6, 6.07) is 0.816. The Bertz CT molecular complexity index is 527. The van der Waals surface area contributed by atoms with E-state index in [1.807, 2.05) is 0 Å². The lowest BCUT2D eigenvalue weighted by Gasteiger charge is -2.42. The Morgan fingerprint density at radius 1 is 1.52 bits per heavy atom. The predicted octanol–water partition coefficient (Wildman–Crippen LogP) is 2.47. The van der Waals surface area contributed by atoms with Crippen LogP contribution in [0.1, 0.15) is 25.3 Å². The van der Waals surface area contributed by atoms with E-state index in [0.29, 0.717) is 6.42 Å². The van der Waals surface area contributed by atoms with Crippen molar-refractivity contribution in [1.29, 1.82) is 0 Å². The summed E-state index contributed by atoms with van der Waals surface area (Å²) in [5.74, 6) is -0.274. The minimum atomic E-state index is -4.59. The van der Waals surface area contributed by atoms with Crippen molar-refractivity contribution in [3.8, 4) is 0 Å². The Kier molecular flexibility index (Phi) is 4.37. The third-order valence-electron chi connectivity index (χ3n) is 3.88. The molecule has 0 saturated carbocycles. The lowest BCUT2D eigenvalue weighted by molar-refractivity contribution is -0.137. The van der Waals surface area contributed by atoms with Gasteiger partial charge >= 0.3 is 6.18 Å². The Labute approximate surface area is 125 Å². The van der Waals surface area contributed by atoms with Gasteiger partial charge in [-0.15, -0.1) is 0 Å². The predicted molar refractivity (Wildman–Crippen MR) is 72.3 cm³/mol. The molecule has 1 saturated heterocycles. The molecule has 1 aliphatic rings. The highest BCUT2D eigenvalue weighted by Gasteiger charge is 2.42. The van der Waals surface area contributed by atoms with Crippen LogP contribution < -0.4 is 4.90 Å². The van der Waals surface area contributed by atoms with E-state index in [0.717, 1.165) is 12.3 Å². The first-order chi connectivity index (χ1) is 9.67. The van der Waals surface area contributed by atoms with Crippen LogP contribution >= 0.6 is 11.6 Å². The maximum Gasteiger partial charge on any atom is 0.420 e. The minimum Gasteiger partial charge on any atom is -0.388 e. The van der Waals surface area contributed by atoms with Crippen molar-refractivity contribution in [2.45, 2.75) is 37.6 Å². The number of alkyl halides is 3. The monoisotopic (exact) mass is 324 g/mol. The van der Waals surface area contributed by atoms with Gasteiger partial charge in [-0.25, -0.2) is 4.98 Å². The summed E-state index contributed by atoms with van der Waals surface area (Å²) in [6.07, 6.45) is -4.07. The zero-order valence-electron chi connectivity index (χ0n) is 11.4. The molecule has 4 nitrogen and oxygen atoms in total. The van der Waals surface area contributed by atoms with Crippen molar-refractivity contribution in [2.75, 3.05) is 18.0 Å². The zero-order valence-corrected chi connectivity index (χ0v) is 12.1. The van der Waals surface area contributed by atoms with Crippen LogP contribution in [0.15, 0.2) is 12.3 Å². The fraction of sp³-hybridized carbons (Fsp3) is 0.615. The molecule has 0 aromatic carbocycles. The molecule has 1 aromatic rings. The summed E-state index contributed by atoms with van der Waals surface area (Å²) in [5, 5.41) is 20.0. The summed E-state index contributed by atoms with van der Waals surface area (Å²) in [6.45, 7) is 1.79.